The third kappa shape index (κ3) is 2.89. The maximum absolute atomic E-state index is 12.5. The lowest BCUT2D eigenvalue weighted by Crippen LogP contribution is -2.44. The number of carboxylic acids is 1. The van der Waals surface area contributed by atoms with Gasteiger partial charge in [0, 0.05) is 11.9 Å². The number of hydrogen-bond donors (Lipinski definition) is 3. The van der Waals surface area contributed by atoms with Gasteiger partial charge in [0.15, 0.2) is 5.69 Å². The number of carbonyl (C=O) groups is 2. The zero-order valence-electron chi connectivity index (χ0n) is 13.2. The monoisotopic (exact) mass is 329 g/mol. The Labute approximate surface area is 138 Å². The number of nitrogens with zero attached hydrogens (tertiary/aromatic N) is 1. The van der Waals surface area contributed by atoms with Crippen molar-refractivity contribution in [3.8, 4) is 0 Å². The van der Waals surface area contributed by atoms with Crippen LogP contribution in [0.4, 0.5) is 0 Å². The Hall–Kier alpha value is -2.70. The molecular weight excluding hydrogens is 310 g/mol. The maximum Gasteiger partial charge on any atom is 0.311 e. The van der Waals surface area contributed by atoms with Crippen molar-refractivity contribution >= 4 is 22.6 Å². The number of hydrogen-bond acceptors (Lipinski definition) is 4. The highest BCUT2D eigenvalue weighted by Gasteiger charge is 2.40. The van der Waals surface area contributed by atoms with E-state index in [1.54, 1.807) is 24.3 Å². The topological polar surface area (TPSA) is 112 Å². The van der Waals surface area contributed by atoms with E-state index in [4.69, 9.17) is 0 Å². The molecule has 7 nitrogen and oxygen atoms in total. The molecule has 0 aliphatic heterocycles. The lowest BCUT2D eigenvalue weighted by molar-refractivity contribution is -0.150. The molecule has 1 saturated carbocycles. The summed E-state index contributed by atoms with van der Waals surface area (Å²) in [6.07, 6.45) is 3.84. The zero-order chi connectivity index (χ0) is 17.2. The van der Waals surface area contributed by atoms with Crippen LogP contribution in [-0.2, 0) is 4.79 Å². The van der Waals surface area contributed by atoms with Crippen LogP contribution in [0.2, 0.25) is 0 Å². The minimum atomic E-state index is -0.911. The van der Waals surface area contributed by atoms with E-state index in [1.165, 1.54) is 0 Å². The second kappa shape index (κ2) is 6.43. The average Bonchev–Trinajstić information content (AvgIpc) is 2.61. The van der Waals surface area contributed by atoms with E-state index < -0.39 is 17.3 Å². The highest BCUT2D eigenvalue weighted by molar-refractivity contribution is 6.04. The number of carboxylic acid groups (broad SMARTS) is 1. The standard InChI is InChI=1S/C17H19N3O4/c21-14-12-7-3-2-6-11(12)13(19-20-14)15(22)18-10-17(16(23)24)8-4-1-5-9-17/h2-3,6-7H,1,4-5,8-10H2,(H,18,22)(H,20,21)(H,23,24). The zero-order valence-corrected chi connectivity index (χ0v) is 13.2. The number of carbonyl (C=O) groups excluding carboxylic acids is 1. The quantitative estimate of drug-likeness (QED) is 0.790. The first-order chi connectivity index (χ1) is 11.5. The van der Waals surface area contributed by atoms with Crippen molar-refractivity contribution in [2.75, 3.05) is 6.54 Å². The summed E-state index contributed by atoms with van der Waals surface area (Å²) in [5.74, 6) is -1.35. The summed E-state index contributed by atoms with van der Waals surface area (Å²) in [5, 5.41) is 19.2. The predicted molar refractivity (Wildman–Crippen MR) is 87.9 cm³/mol. The van der Waals surface area contributed by atoms with Crippen molar-refractivity contribution in [3.05, 3.63) is 40.3 Å². The van der Waals surface area contributed by atoms with Crippen LogP contribution in [0.25, 0.3) is 10.8 Å². The van der Waals surface area contributed by atoms with Gasteiger partial charge in [-0.1, -0.05) is 37.5 Å². The highest BCUT2D eigenvalue weighted by Crippen LogP contribution is 2.36. The van der Waals surface area contributed by atoms with Crippen molar-refractivity contribution in [3.63, 3.8) is 0 Å². The molecule has 1 aliphatic rings. The Morgan fingerprint density at radius 1 is 1.17 bits per heavy atom. The van der Waals surface area contributed by atoms with E-state index in [-0.39, 0.29) is 17.8 Å². The Morgan fingerprint density at radius 3 is 2.50 bits per heavy atom. The second-order valence-corrected chi connectivity index (χ2v) is 6.28. The summed E-state index contributed by atoms with van der Waals surface area (Å²) in [7, 11) is 0. The second-order valence-electron chi connectivity index (χ2n) is 6.28. The molecule has 1 amide bonds. The summed E-state index contributed by atoms with van der Waals surface area (Å²) in [5.41, 5.74) is -1.18. The molecular formula is C17H19N3O4. The minimum absolute atomic E-state index is 0.0658. The number of aliphatic carboxylic acids is 1. The molecule has 126 valence electrons. The number of aromatic nitrogens is 2. The van der Waals surface area contributed by atoms with Gasteiger partial charge >= 0.3 is 5.97 Å². The molecule has 1 heterocycles. The van der Waals surface area contributed by atoms with Gasteiger partial charge in [0.1, 0.15) is 0 Å². The molecule has 3 N–H and O–H groups in total. The fourth-order valence-electron chi connectivity index (χ4n) is 3.32. The molecule has 0 atom stereocenters. The van der Waals surface area contributed by atoms with Gasteiger partial charge in [0.2, 0.25) is 0 Å². The van der Waals surface area contributed by atoms with E-state index in [1.807, 2.05) is 0 Å². The van der Waals surface area contributed by atoms with Crippen LogP contribution in [0.1, 0.15) is 42.6 Å². The van der Waals surface area contributed by atoms with Crippen LogP contribution in [0, 0.1) is 5.41 Å². The van der Waals surface area contributed by atoms with Crippen LogP contribution >= 0.6 is 0 Å². The van der Waals surface area contributed by atoms with Crippen LogP contribution < -0.4 is 10.9 Å². The molecule has 3 rings (SSSR count). The smallest absolute Gasteiger partial charge is 0.311 e. The van der Waals surface area contributed by atoms with Crippen LogP contribution in [0.5, 0.6) is 0 Å². The molecule has 1 fully saturated rings. The largest absolute Gasteiger partial charge is 0.481 e. The fraction of sp³-hybridized carbons (Fsp3) is 0.412. The number of H-pyrrole nitrogens is 1. The van der Waals surface area contributed by atoms with Crippen LogP contribution in [0.15, 0.2) is 29.1 Å². The van der Waals surface area contributed by atoms with E-state index in [9.17, 15) is 19.5 Å². The summed E-state index contributed by atoms with van der Waals surface area (Å²) < 4.78 is 0. The molecule has 2 aromatic rings. The molecule has 24 heavy (non-hydrogen) atoms. The van der Waals surface area contributed by atoms with Gasteiger partial charge in [0.05, 0.1) is 10.8 Å². The maximum atomic E-state index is 12.5. The first kappa shape index (κ1) is 16.2. The number of fused-ring (bicyclic) bond motifs is 1. The van der Waals surface area contributed by atoms with E-state index in [0.29, 0.717) is 23.6 Å². The Morgan fingerprint density at radius 2 is 1.83 bits per heavy atom. The van der Waals surface area contributed by atoms with E-state index >= 15 is 0 Å². The fourth-order valence-corrected chi connectivity index (χ4v) is 3.32. The Kier molecular flexibility index (Phi) is 4.33. The molecule has 0 bridgehead atoms. The van der Waals surface area contributed by atoms with Gasteiger partial charge in [-0.2, -0.15) is 5.10 Å². The molecule has 1 aromatic carbocycles. The van der Waals surface area contributed by atoms with E-state index in [0.717, 1.165) is 19.3 Å². The van der Waals surface area contributed by atoms with Crippen molar-refractivity contribution in [1.82, 2.24) is 15.5 Å². The summed E-state index contributed by atoms with van der Waals surface area (Å²) >= 11 is 0. The van der Waals surface area contributed by atoms with Crippen molar-refractivity contribution in [2.45, 2.75) is 32.1 Å². The molecule has 0 radical (unpaired) electrons. The minimum Gasteiger partial charge on any atom is -0.481 e. The van der Waals surface area contributed by atoms with Crippen LogP contribution in [0.3, 0.4) is 0 Å². The van der Waals surface area contributed by atoms with Crippen molar-refractivity contribution < 1.29 is 14.7 Å². The molecule has 0 saturated heterocycles. The van der Waals surface area contributed by atoms with E-state index in [2.05, 4.69) is 15.5 Å². The number of rotatable bonds is 4. The number of benzene rings is 1. The molecule has 1 aliphatic carbocycles. The third-order valence-electron chi connectivity index (χ3n) is 4.76. The summed E-state index contributed by atoms with van der Waals surface area (Å²) in [6, 6.07) is 6.70. The Balaban J connectivity index is 1.84. The SMILES string of the molecule is O=C(NCC1(C(=O)O)CCCCC1)c1n[nH]c(=O)c2ccccc12. The first-order valence-corrected chi connectivity index (χ1v) is 8.02. The average molecular weight is 329 g/mol. The van der Waals surface area contributed by atoms with Crippen molar-refractivity contribution in [2.24, 2.45) is 5.41 Å². The summed E-state index contributed by atoms with van der Waals surface area (Å²) in [4.78, 5) is 35.9. The molecule has 0 unspecified atom stereocenters. The van der Waals surface area contributed by atoms with Gasteiger partial charge in [-0.25, -0.2) is 5.10 Å². The van der Waals surface area contributed by atoms with Crippen LogP contribution in [-0.4, -0.2) is 33.7 Å². The predicted octanol–water partition coefficient (Wildman–Crippen LogP) is 1.69. The number of amides is 1. The number of aromatic amines is 1. The number of nitrogens with one attached hydrogen (secondary N) is 2. The van der Waals surface area contributed by atoms with Gasteiger partial charge < -0.3 is 10.4 Å². The third-order valence-corrected chi connectivity index (χ3v) is 4.76. The van der Waals surface area contributed by atoms with Gasteiger partial charge in [-0.15, -0.1) is 0 Å². The summed E-state index contributed by atoms with van der Waals surface area (Å²) in [6.45, 7) is 0.0658. The lowest BCUT2D eigenvalue weighted by Gasteiger charge is -2.33. The van der Waals surface area contributed by atoms with Crippen molar-refractivity contribution in [1.29, 1.82) is 0 Å². The molecule has 7 heteroatoms. The Bertz CT molecular complexity index is 837. The highest BCUT2D eigenvalue weighted by atomic mass is 16.4. The van der Waals surface area contributed by atoms with Gasteiger partial charge in [-0.3, -0.25) is 14.4 Å². The molecule has 0 spiro atoms. The molecule has 1 aromatic heterocycles. The van der Waals surface area contributed by atoms with Gasteiger partial charge in [-0.05, 0) is 18.9 Å². The first-order valence-electron chi connectivity index (χ1n) is 8.02. The van der Waals surface area contributed by atoms with Gasteiger partial charge in [0.25, 0.3) is 11.5 Å². The lowest BCUT2D eigenvalue weighted by atomic mass is 9.74. The normalized spacial score (nSPS) is 16.7.